The number of non-ortho nitro benzene ring substituents is 1. The van der Waals surface area contributed by atoms with Crippen molar-refractivity contribution >= 4 is 34.2 Å². The molecule has 0 radical (unpaired) electrons. The van der Waals surface area contributed by atoms with Gasteiger partial charge in [0.25, 0.3) is 17.5 Å². The van der Waals surface area contributed by atoms with Crippen LogP contribution < -0.4 is 4.90 Å². The number of hydrogen-bond acceptors (Lipinski definition) is 5. The van der Waals surface area contributed by atoms with Crippen molar-refractivity contribution < 1.29 is 14.5 Å². The lowest BCUT2D eigenvalue weighted by molar-refractivity contribution is -0.384. The number of benzene rings is 3. The molecule has 0 aliphatic carbocycles. The van der Waals surface area contributed by atoms with Gasteiger partial charge < -0.3 is 4.98 Å². The number of amides is 2. The second kappa shape index (κ2) is 6.10. The van der Waals surface area contributed by atoms with Crippen LogP contribution in [0, 0.1) is 10.1 Å². The fraction of sp³-hybridized carbons (Fsp3) is 0. The molecule has 0 saturated carbocycles. The molecule has 2 amide bonds. The van der Waals surface area contributed by atoms with Gasteiger partial charge in [-0.15, -0.1) is 0 Å². The molecule has 2 heterocycles. The van der Waals surface area contributed by atoms with Gasteiger partial charge in [-0.1, -0.05) is 12.1 Å². The third kappa shape index (κ3) is 2.58. The molecule has 8 nitrogen and oxygen atoms in total. The lowest BCUT2D eigenvalue weighted by atomic mass is 10.1. The van der Waals surface area contributed by atoms with Crippen LogP contribution in [0.3, 0.4) is 0 Å². The van der Waals surface area contributed by atoms with Crippen LogP contribution in [0.5, 0.6) is 0 Å². The molecule has 3 aromatic carbocycles. The summed E-state index contributed by atoms with van der Waals surface area (Å²) in [6.07, 6.45) is 0. The zero-order valence-corrected chi connectivity index (χ0v) is 14.8. The van der Waals surface area contributed by atoms with E-state index in [1.54, 1.807) is 54.6 Å². The Kier molecular flexibility index (Phi) is 3.53. The second-order valence-corrected chi connectivity index (χ2v) is 6.58. The molecular formula is C21H12N4O4. The fourth-order valence-electron chi connectivity index (χ4n) is 3.44. The minimum Gasteiger partial charge on any atom is -0.338 e. The molecule has 5 rings (SSSR count). The van der Waals surface area contributed by atoms with Crippen molar-refractivity contribution in [2.24, 2.45) is 0 Å². The Morgan fingerprint density at radius 3 is 2.17 bits per heavy atom. The Labute approximate surface area is 163 Å². The van der Waals surface area contributed by atoms with Crippen molar-refractivity contribution in [3.63, 3.8) is 0 Å². The lowest BCUT2D eigenvalue weighted by Gasteiger charge is -2.14. The summed E-state index contributed by atoms with van der Waals surface area (Å²) in [6.45, 7) is 0. The van der Waals surface area contributed by atoms with Crippen molar-refractivity contribution in [3.8, 4) is 11.4 Å². The van der Waals surface area contributed by atoms with Gasteiger partial charge in [-0.25, -0.2) is 9.88 Å². The monoisotopic (exact) mass is 384 g/mol. The van der Waals surface area contributed by atoms with E-state index in [4.69, 9.17) is 0 Å². The summed E-state index contributed by atoms with van der Waals surface area (Å²) in [5.74, 6) is -0.168. The highest BCUT2D eigenvalue weighted by atomic mass is 16.6. The van der Waals surface area contributed by atoms with Crippen LogP contribution in [0.4, 0.5) is 11.4 Å². The summed E-state index contributed by atoms with van der Waals surface area (Å²) in [6, 6.07) is 18.0. The number of H-pyrrole nitrogens is 1. The predicted molar refractivity (Wildman–Crippen MR) is 106 cm³/mol. The number of imidazole rings is 1. The van der Waals surface area contributed by atoms with Gasteiger partial charge in [0, 0.05) is 17.7 Å². The van der Waals surface area contributed by atoms with Gasteiger partial charge in [0.15, 0.2) is 0 Å². The van der Waals surface area contributed by atoms with E-state index in [2.05, 4.69) is 9.97 Å². The molecule has 29 heavy (non-hydrogen) atoms. The van der Waals surface area contributed by atoms with Crippen LogP contribution in [0.2, 0.25) is 0 Å². The minimum absolute atomic E-state index is 0.0197. The average Bonchev–Trinajstić information content (AvgIpc) is 3.27. The molecule has 0 unspecified atom stereocenters. The Balaban J connectivity index is 1.48. The molecule has 0 saturated heterocycles. The Hall–Kier alpha value is -4.33. The zero-order chi connectivity index (χ0) is 20.1. The van der Waals surface area contributed by atoms with Gasteiger partial charge in [-0.2, -0.15) is 0 Å². The number of nitrogens with one attached hydrogen (secondary N) is 1. The first-order chi connectivity index (χ1) is 14.0. The summed E-state index contributed by atoms with van der Waals surface area (Å²) in [5.41, 5.74) is 3.11. The largest absolute Gasteiger partial charge is 0.338 e. The fourth-order valence-corrected chi connectivity index (χ4v) is 3.44. The molecule has 1 aliphatic rings. The van der Waals surface area contributed by atoms with Crippen molar-refractivity contribution in [1.82, 2.24) is 9.97 Å². The number of nitrogens with zero attached hydrogens (tertiary/aromatic N) is 3. The lowest BCUT2D eigenvalue weighted by Crippen LogP contribution is -2.29. The van der Waals surface area contributed by atoms with E-state index in [1.807, 2.05) is 0 Å². The van der Waals surface area contributed by atoms with E-state index in [0.29, 0.717) is 33.7 Å². The molecule has 1 aliphatic heterocycles. The maximum Gasteiger partial charge on any atom is 0.271 e. The first-order valence-electron chi connectivity index (χ1n) is 8.75. The highest BCUT2D eigenvalue weighted by Crippen LogP contribution is 2.30. The minimum atomic E-state index is -0.461. The average molecular weight is 384 g/mol. The van der Waals surface area contributed by atoms with Gasteiger partial charge in [0.05, 0.1) is 32.8 Å². The van der Waals surface area contributed by atoms with Gasteiger partial charge in [0.2, 0.25) is 0 Å². The number of nitro benzene ring substituents is 1. The number of carbonyl (C=O) groups is 2. The second-order valence-electron chi connectivity index (χ2n) is 6.58. The maximum atomic E-state index is 12.6. The number of anilines is 1. The molecule has 8 heteroatoms. The number of hydrogen-bond donors (Lipinski definition) is 1. The summed E-state index contributed by atoms with van der Waals surface area (Å²) in [4.78, 5) is 44.3. The summed E-state index contributed by atoms with van der Waals surface area (Å²) >= 11 is 0. The highest BCUT2D eigenvalue weighted by Gasteiger charge is 2.36. The molecule has 4 aromatic rings. The standard InChI is InChI=1S/C21H12N4O4/c26-20-15-3-1-2-4-16(15)21(27)24(20)13-7-5-12(6-8-13)19-22-17-10-9-14(25(28)29)11-18(17)23-19/h1-11H,(H,22,23). The maximum absolute atomic E-state index is 12.6. The smallest absolute Gasteiger partial charge is 0.271 e. The SMILES string of the molecule is O=C1c2ccccc2C(=O)N1c1ccc(-c2nc3ccc([N+](=O)[O-])cc3[nH]2)cc1. The van der Waals surface area contributed by atoms with Gasteiger partial charge in [0.1, 0.15) is 5.82 Å². The molecule has 0 fully saturated rings. The predicted octanol–water partition coefficient (Wildman–Crippen LogP) is 3.94. The Morgan fingerprint density at radius 2 is 1.55 bits per heavy atom. The van der Waals surface area contributed by atoms with E-state index in [1.165, 1.54) is 12.1 Å². The summed E-state index contributed by atoms with van der Waals surface area (Å²) < 4.78 is 0. The van der Waals surface area contributed by atoms with Gasteiger partial charge >= 0.3 is 0 Å². The molecular weight excluding hydrogens is 372 g/mol. The zero-order valence-electron chi connectivity index (χ0n) is 14.8. The van der Waals surface area contributed by atoms with Gasteiger partial charge in [-0.3, -0.25) is 19.7 Å². The number of aromatic amines is 1. The van der Waals surface area contributed by atoms with Crippen molar-refractivity contribution in [1.29, 1.82) is 0 Å². The number of imide groups is 1. The molecule has 1 N–H and O–H groups in total. The summed E-state index contributed by atoms with van der Waals surface area (Å²) in [5, 5.41) is 10.9. The molecule has 0 atom stereocenters. The van der Waals surface area contributed by atoms with E-state index in [-0.39, 0.29) is 17.5 Å². The third-order valence-corrected chi connectivity index (χ3v) is 4.87. The van der Waals surface area contributed by atoms with E-state index in [9.17, 15) is 19.7 Å². The molecule has 0 bridgehead atoms. The van der Waals surface area contributed by atoms with Crippen molar-refractivity contribution in [2.75, 3.05) is 4.90 Å². The van der Waals surface area contributed by atoms with Crippen molar-refractivity contribution in [2.45, 2.75) is 0 Å². The number of rotatable bonds is 3. The first kappa shape index (κ1) is 16.8. The van der Waals surface area contributed by atoms with Gasteiger partial charge in [-0.05, 0) is 42.5 Å². The van der Waals surface area contributed by atoms with Crippen LogP contribution >= 0.6 is 0 Å². The van der Waals surface area contributed by atoms with Crippen LogP contribution in [-0.4, -0.2) is 26.7 Å². The van der Waals surface area contributed by atoms with E-state index >= 15 is 0 Å². The summed E-state index contributed by atoms with van der Waals surface area (Å²) in [7, 11) is 0. The quantitative estimate of drug-likeness (QED) is 0.327. The number of carbonyl (C=O) groups excluding carboxylic acids is 2. The van der Waals surface area contributed by atoms with Crippen LogP contribution in [-0.2, 0) is 0 Å². The number of aromatic nitrogens is 2. The van der Waals surface area contributed by atoms with Crippen LogP contribution in [0.1, 0.15) is 20.7 Å². The Bertz CT molecular complexity index is 1290. The molecule has 140 valence electrons. The third-order valence-electron chi connectivity index (χ3n) is 4.87. The molecule has 1 aromatic heterocycles. The number of nitro groups is 1. The van der Waals surface area contributed by atoms with Crippen molar-refractivity contribution in [3.05, 3.63) is 88.0 Å². The first-order valence-corrected chi connectivity index (χ1v) is 8.75. The number of fused-ring (bicyclic) bond motifs is 2. The van der Waals surface area contributed by atoms with E-state index in [0.717, 1.165) is 10.5 Å². The topological polar surface area (TPSA) is 109 Å². The van der Waals surface area contributed by atoms with Crippen LogP contribution in [0.15, 0.2) is 66.7 Å². The highest BCUT2D eigenvalue weighted by molar-refractivity contribution is 6.34. The van der Waals surface area contributed by atoms with Crippen LogP contribution in [0.25, 0.3) is 22.4 Å². The Morgan fingerprint density at radius 1 is 0.897 bits per heavy atom. The van der Waals surface area contributed by atoms with E-state index < -0.39 is 4.92 Å². The normalized spacial score (nSPS) is 13.2. The molecule has 0 spiro atoms.